The maximum absolute atomic E-state index is 12.0. The van der Waals surface area contributed by atoms with Gasteiger partial charge in [0.05, 0.1) is 11.0 Å². The largest absolute Gasteiger partial charge is 0.330 e. The van der Waals surface area contributed by atoms with Crippen LogP contribution < -0.4 is 11.0 Å². The van der Waals surface area contributed by atoms with Crippen LogP contribution in [-0.2, 0) is 0 Å². The van der Waals surface area contributed by atoms with Gasteiger partial charge in [0.15, 0.2) is 0 Å². The number of nitrogens with zero attached hydrogens (tertiary/aromatic N) is 1. The van der Waals surface area contributed by atoms with E-state index in [2.05, 4.69) is 32.3 Å². The SMILES string of the molecule is O=c1[nH]c2cc(Br)ccc2n1C1=CCNCC1. The highest BCUT2D eigenvalue weighted by Crippen LogP contribution is 2.21. The summed E-state index contributed by atoms with van der Waals surface area (Å²) in [5.74, 6) is 0. The molecule has 2 heterocycles. The Balaban J connectivity index is 2.25. The van der Waals surface area contributed by atoms with E-state index in [9.17, 15) is 4.79 Å². The summed E-state index contributed by atoms with van der Waals surface area (Å²) in [5.41, 5.74) is 2.81. The molecule has 1 aromatic heterocycles. The Morgan fingerprint density at radius 3 is 3.00 bits per heavy atom. The molecule has 0 amide bonds. The summed E-state index contributed by atoms with van der Waals surface area (Å²) in [5, 5.41) is 3.24. The topological polar surface area (TPSA) is 49.8 Å². The molecule has 2 N–H and O–H groups in total. The minimum atomic E-state index is -0.0637. The van der Waals surface area contributed by atoms with Gasteiger partial charge in [-0.1, -0.05) is 22.0 Å². The van der Waals surface area contributed by atoms with Gasteiger partial charge in [0.25, 0.3) is 0 Å². The van der Waals surface area contributed by atoms with Gasteiger partial charge in [-0.15, -0.1) is 0 Å². The Hall–Kier alpha value is -1.33. The number of fused-ring (bicyclic) bond motifs is 1. The van der Waals surface area contributed by atoms with Crippen molar-refractivity contribution in [3.05, 3.63) is 39.2 Å². The summed E-state index contributed by atoms with van der Waals surface area (Å²) in [7, 11) is 0. The molecular weight excluding hydrogens is 282 g/mol. The van der Waals surface area contributed by atoms with Gasteiger partial charge < -0.3 is 10.3 Å². The monoisotopic (exact) mass is 293 g/mol. The Labute approximate surface area is 106 Å². The van der Waals surface area contributed by atoms with E-state index < -0.39 is 0 Å². The van der Waals surface area contributed by atoms with Crippen LogP contribution in [-0.4, -0.2) is 22.6 Å². The number of aromatic amines is 1. The first-order valence-electron chi connectivity index (χ1n) is 5.56. The summed E-state index contributed by atoms with van der Waals surface area (Å²) in [6, 6.07) is 5.84. The van der Waals surface area contributed by atoms with Gasteiger partial charge in [0.2, 0.25) is 0 Å². The minimum absolute atomic E-state index is 0.0637. The van der Waals surface area contributed by atoms with Crippen molar-refractivity contribution in [1.82, 2.24) is 14.9 Å². The number of hydrogen-bond acceptors (Lipinski definition) is 2. The minimum Gasteiger partial charge on any atom is -0.313 e. The van der Waals surface area contributed by atoms with Gasteiger partial charge in [-0.3, -0.25) is 4.57 Å². The van der Waals surface area contributed by atoms with E-state index in [4.69, 9.17) is 0 Å². The number of rotatable bonds is 1. The second-order valence-corrected chi connectivity index (χ2v) is 4.99. The Bertz CT molecular complexity index is 653. The maximum atomic E-state index is 12.0. The summed E-state index contributed by atoms with van der Waals surface area (Å²) in [6.45, 7) is 1.74. The molecule has 0 radical (unpaired) electrons. The van der Waals surface area contributed by atoms with Gasteiger partial charge >= 0.3 is 5.69 Å². The third kappa shape index (κ3) is 1.85. The number of hydrogen-bond donors (Lipinski definition) is 2. The maximum Gasteiger partial charge on any atom is 0.330 e. The lowest BCUT2D eigenvalue weighted by Gasteiger charge is -2.14. The van der Waals surface area contributed by atoms with Gasteiger partial charge in [0, 0.05) is 29.7 Å². The molecule has 0 aliphatic carbocycles. The Morgan fingerprint density at radius 2 is 2.24 bits per heavy atom. The molecule has 1 aromatic carbocycles. The van der Waals surface area contributed by atoms with Crippen molar-refractivity contribution in [2.75, 3.05) is 13.1 Å². The third-order valence-corrected chi connectivity index (χ3v) is 3.46. The fourth-order valence-corrected chi connectivity index (χ4v) is 2.54. The second-order valence-electron chi connectivity index (χ2n) is 4.08. The first-order chi connectivity index (χ1) is 8.25. The van der Waals surface area contributed by atoms with Crippen molar-refractivity contribution in [3.8, 4) is 0 Å². The van der Waals surface area contributed by atoms with Crippen LogP contribution in [0.2, 0.25) is 0 Å². The molecule has 0 spiro atoms. The molecule has 0 saturated heterocycles. The molecule has 0 fully saturated rings. The van der Waals surface area contributed by atoms with Crippen molar-refractivity contribution >= 4 is 32.7 Å². The molecule has 1 aliphatic heterocycles. The second kappa shape index (κ2) is 4.16. The third-order valence-electron chi connectivity index (χ3n) is 2.97. The quantitative estimate of drug-likeness (QED) is 0.844. The van der Waals surface area contributed by atoms with Crippen LogP contribution in [0, 0.1) is 0 Å². The van der Waals surface area contributed by atoms with E-state index in [-0.39, 0.29) is 5.69 Å². The van der Waals surface area contributed by atoms with Crippen molar-refractivity contribution < 1.29 is 0 Å². The van der Waals surface area contributed by atoms with Crippen molar-refractivity contribution in [3.63, 3.8) is 0 Å². The summed E-state index contributed by atoms with van der Waals surface area (Å²) in [6.07, 6.45) is 2.95. The summed E-state index contributed by atoms with van der Waals surface area (Å²) in [4.78, 5) is 14.9. The van der Waals surface area contributed by atoms with Gasteiger partial charge in [-0.25, -0.2) is 4.79 Å². The average Bonchev–Trinajstić information content (AvgIpc) is 2.65. The fourth-order valence-electron chi connectivity index (χ4n) is 2.18. The lowest BCUT2D eigenvalue weighted by atomic mass is 10.2. The van der Waals surface area contributed by atoms with Crippen LogP contribution in [0.4, 0.5) is 0 Å². The van der Waals surface area contributed by atoms with Crippen molar-refractivity contribution in [2.45, 2.75) is 6.42 Å². The molecule has 0 atom stereocenters. The van der Waals surface area contributed by atoms with Gasteiger partial charge in [-0.2, -0.15) is 0 Å². The van der Waals surface area contributed by atoms with E-state index in [0.717, 1.165) is 40.7 Å². The zero-order valence-electron chi connectivity index (χ0n) is 9.16. The number of imidazole rings is 1. The van der Waals surface area contributed by atoms with Crippen LogP contribution in [0.5, 0.6) is 0 Å². The fraction of sp³-hybridized carbons (Fsp3) is 0.250. The van der Waals surface area contributed by atoms with Crippen molar-refractivity contribution in [1.29, 1.82) is 0 Å². The predicted octanol–water partition coefficient (Wildman–Crippen LogP) is 1.93. The highest BCUT2D eigenvalue weighted by Gasteiger charge is 2.12. The molecule has 17 heavy (non-hydrogen) atoms. The predicted molar refractivity (Wildman–Crippen MR) is 72.0 cm³/mol. The van der Waals surface area contributed by atoms with E-state index in [1.165, 1.54) is 0 Å². The average molecular weight is 294 g/mol. The lowest BCUT2D eigenvalue weighted by molar-refractivity contribution is 0.716. The molecule has 0 saturated carbocycles. The molecule has 1 aliphatic rings. The number of nitrogens with one attached hydrogen (secondary N) is 2. The molecule has 3 rings (SSSR count). The molecule has 2 aromatic rings. The van der Waals surface area contributed by atoms with E-state index in [0.29, 0.717) is 0 Å². The molecule has 5 heteroatoms. The summed E-state index contributed by atoms with van der Waals surface area (Å²) < 4.78 is 2.74. The van der Waals surface area contributed by atoms with Gasteiger partial charge in [-0.05, 0) is 18.2 Å². The first-order valence-corrected chi connectivity index (χ1v) is 6.35. The smallest absolute Gasteiger partial charge is 0.313 e. The molecule has 4 nitrogen and oxygen atoms in total. The van der Waals surface area contributed by atoms with Crippen LogP contribution >= 0.6 is 15.9 Å². The summed E-state index contributed by atoms with van der Waals surface area (Å²) >= 11 is 3.41. The Morgan fingerprint density at radius 1 is 1.35 bits per heavy atom. The van der Waals surface area contributed by atoms with Gasteiger partial charge in [0.1, 0.15) is 0 Å². The van der Waals surface area contributed by atoms with Crippen LogP contribution in [0.25, 0.3) is 16.7 Å². The van der Waals surface area contributed by atoms with E-state index >= 15 is 0 Å². The van der Waals surface area contributed by atoms with E-state index in [1.807, 2.05) is 18.2 Å². The van der Waals surface area contributed by atoms with Crippen LogP contribution in [0.3, 0.4) is 0 Å². The number of benzene rings is 1. The number of H-pyrrole nitrogens is 1. The lowest BCUT2D eigenvalue weighted by Crippen LogP contribution is -2.25. The van der Waals surface area contributed by atoms with Crippen LogP contribution in [0.1, 0.15) is 6.42 Å². The molecule has 0 unspecified atom stereocenters. The molecule has 0 bridgehead atoms. The Kier molecular flexibility index (Phi) is 2.64. The number of halogens is 1. The highest BCUT2D eigenvalue weighted by atomic mass is 79.9. The van der Waals surface area contributed by atoms with Crippen molar-refractivity contribution in [2.24, 2.45) is 0 Å². The zero-order chi connectivity index (χ0) is 11.8. The normalized spacial score (nSPS) is 16.2. The number of aromatic nitrogens is 2. The van der Waals surface area contributed by atoms with Crippen LogP contribution in [0.15, 0.2) is 33.5 Å². The first kappa shape index (κ1) is 10.8. The van der Waals surface area contributed by atoms with E-state index in [1.54, 1.807) is 4.57 Å². The molecular formula is C12H12BrN3O. The molecule has 88 valence electrons. The standard InChI is InChI=1S/C12H12BrN3O/c13-8-1-2-11-10(7-8)15-12(17)16(11)9-3-5-14-6-4-9/h1-3,7,14H,4-6H2,(H,15,17). The highest BCUT2D eigenvalue weighted by molar-refractivity contribution is 9.10. The zero-order valence-corrected chi connectivity index (χ0v) is 10.8.